The molecule has 0 saturated heterocycles. The Hall–Kier alpha value is -4.41. The van der Waals surface area contributed by atoms with Crippen molar-refractivity contribution in [1.29, 1.82) is 0 Å². The zero-order valence-corrected chi connectivity index (χ0v) is 34.9. The maximum atomic E-state index is 15.0. The van der Waals surface area contributed by atoms with Crippen LogP contribution in [0, 0.1) is 12.3 Å². The van der Waals surface area contributed by atoms with E-state index in [1.807, 2.05) is 18.2 Å². The van der Waals surface area contributed by atoms with Crippen LogP contribution in [0.2, 0.25) is 0 Å². The van der Waals surface area contributed by atoms with Crippen molar-refractivity contribution >= 4 is 28.1 Å². The summed E-state index contributed by atoms with van der Waals surface area (Å²) in [6, 6.07) is 36.2. The van der Waals surface area contributed by atoms with Crippen molar-refractivity contribution < 1.29 is 4.79 Å². The molecule has 4 aromatic rings. The van der Waals surface area contributed by atoms with E-state index in [0.717, 1.165) is 63.0 Å². The minimum absolute atomic E-state index is 0.0786. The summed E-state index contributed by atoms with van der Waals surface area (Å²) < 4.78 is 0. The number of allylic oxidation sites excluding steroid dienone is 4. The van der Waals surface area contributed by atoms with Crippen LogP contribution in [0.1, 0.15) is 181 Å². The summed E-state index contributed by atoms with van der Waals surface area (Å²) in [7, 11) is 0. The van der Waals surface area contributed by atoms with Crippen LogP contribution in [0.4, 0.5) is 0 Å². The third-order valence-electron chi connectivity index (χ3n) is 11.7. The fourth-order valence-corrected chi connectivity index (χ4v) is 8.41. The average Bonchev–Trinajstić information content (AvgIpc) is 3.55. The molecule has 1 nitrogen and oxygen atoms in total. The number of hydrogen-bond acceptors (Lipinski definition) is 1. The van der Waals surface area contributed by atoms with Crippen LogP contribution in [0.5, 0.6) is 0 Å². The zero-order chi connectivity index (χ0) is 39.2. The fourth-order valence-electron chi connectivity index (χ4n) is 8.41. The maximum absolute atomic E-state index is 15.0. The van der Waals surface area contributed by atoms with Gasteiger partial charge in [-0.1, -0.05) is 226 Å². The molecule has 0 amide bonds. The molecule has 0 aliphatic heterocycles. The molecule has 0 spiro atoms. The first kappa shape index (κ1) is 42.7. The number of terminal acetylenes is 1. The monoisotopic (exact) mass is 745 g/mol. The van der Waals surface area contributed by atoms with E-state index in [9.17, 15) is 4.79 Å². The Morgan fingerprint density at radius 2 is 0.768 bits per heavy atom. The number of rotatable bonds is 26. The standard InChI is InChI=1S/C55H68O/c1-4-7-9-11-13-15-17-19-21-24-29-45-35-39-48(40-36-45)53-51(47-32-26-23-27-33-47)52(50-34-28-31-44(6-3)43-50)54(55(53)56)49-41-37-46(38-42-49)30-25-22-20-18-16-14-12-10-8-5-2/h3,23,26-28,31-43H,4-5,7-22,24-25,29-30H2,1-2H3. The molecule has 1 aliphatic carbocycles. The van der Waals surface area contributed by atoms with Crippen molar-refractivity contribution in [1.82, 2.24) is 0 Å². The second kappa shape index (κ2) is 24.3. The van der Waals surface area contributed by atoms with Crippen molar-refractivity contribution in [3.63, 3.8) is 0 Å². The van der Waals surface area contributed by atoms with Gasteiger partial charge in [0.05, 0.1) is 0 Å². The summed E-state index contributed by atoms with van der Waals surface area (Å²) in [4.78, 5) is 15.0. The van der Waals surface area contributed by atoms with Gasteiger partial charge < -0.3 is 0 Å². The molecule has 1 aliphatic rings. The molecule has 0 heterocycles. The number of aryl methyl sites for hydroxylation is 2. The maximum Gasteiger partial charge on any atom is 0.195 e. The van der Waals surface area contributed by atoms with Crippen LogP contribution in [0.3, 0.4) is 0 Å². The molecule has 4 aromatic carbocycles. The van der Waals surface area contributed by atoms with Crippen molar-refractivity contribution in [3.05, 3.63) is 142 Å². The molecule has 0 bridgehead atoms. The number of unbranched alkanes of at least 4 members (excludes halogenated alkanes) is 18. The normalized spacial score (nSPS) is 12.8. The number of hydrogen-bond donors (Lipinski definition) is 0. The number of ketones is 1. The first-order valence-corrected chi connectivity index (χ1v) is 22.5. The zero-order valence-electron chi connectivity index (χ0n) is 34.9. The van der Waals surface area contributed by atoms with Gasteiger partial charge in [0.25, 0.3) is 0 Å². The lowest BCUT2D eigenvalue weighted by Gasteiger charge is -2.14. The van der Waals surface area contributed by atoms with Crippen LogP contribution in [0.15, 0.2) is 103 Å². The Labute approximate surface area is 341 Å². The summed E-state index contributed by atoms with van der Waals surface area (Å²) in [6.07, 6.45) is 34.9. The van der Waals surface area contributed by atoms with Crippen LogP contribution in [0.25, 0.3) is 22.3 Å². The van der Waals surface area contributed by atoms with E-state index in [1.165, 1.54) is 140 Å². The Morgan fingerprint density at radius 1 is 0.393 bits per heavy atom. The topological polar surface area (TPSA) is 17.1 Å². The molecule has 0 aromatic heterocycles. The summed E-state index contributed by atoms with van der Waals surface area (Å²) in [5.74, 6) is 2.91. The highest BCUT2D eigenvalue weighted by molar-refractivity contribution is 6.59. The van der Waals surface area contributed by atoms with E-state index in [0.29, 0.717) is 0 Å². The quantitative estimate of drug-likeness (QED) is 0.0462. The predicted octanol–water partition coefficient (Wildman–Crippen LogP) is 15.7. The molecule has 5 rings (SSSR count). The minimum atomic E-state index is 0.0786. The molecular formula is C55H68O. The predicted molar refractivity (Wildman–Crippen MR) is 243 cm³/mol. The van der Waals surface area contributed by atoms with E-state index in [2.05, 4.69) is 105 Å². The van der Waals surface area contributed by atoms with E-state index in [-0.39, 0.29) is 5.78 Å². The largest absolute Gasteiger partial charge is 0.289 e. The third-order valence-corrected chi connectivity index (χ3v) is 11.7. The molecule has 294 valence electrons. The second-order valence-electron chi connectivity index (χ2n) is 16.2. The van der Waals surface area contributed by atoms with E-state index in [1.54, 1.807) is 0 Å². The van der Waals surface area contributed by atoms with Gasteiger partial charge in [-0.25, -0.2) is 0 Å². The molecule has 0 radical (unpaired) electrons. The average molecular weight is 745 g/mol. The Bertz CT molecular complexity index is 1860. The molecule has 0 atom stereocenters. The number of carbonyl (C=O) groups is 1. The molecule has 56 heavy (non-hydrogen) atoms. The van der Waals surface area contributed by atoms with Gasteiger partial charge in [-0.05, 0) is 71.2 Å². The van der Waals surface area contributed by atoms with Gasteiger partial charge in [-0.3, -0.25) is 4.79 Å². The van der Waals surface area contributed by atoms with Crippen molar-refractivity contribution in [2.24, 2.45) is 0 Å². The van der Waals surface area contributed by atoms with Gasteiger partial charge in [-0.2, -0.15) is 0 Å². The summed E-state index contributed by atoms with van der Waals surface area (Å²) in [6.45, 7) is 4.57. The van der Waals surface area contributed by atoms with E-state index in [4.69, 9.17) is 6.42 Å². The van der Waals surface area contributed by atoms with Crippen LogP contribution in [-0.2, 0) is 17.6 Å². The summed E-state index contributed by atoms with van der Waals surface area (Å²) in [5, 5.41) is 0. The molecular weight excluding hydrogens is 677 g/mol. The van der Waals surface area contributed by atoms with Gasteiger partial charge in [0.15, 0.2) is 5.78 Å². The fraction of sp³-hybridized carbons (Fsp3) is 0.436. The van der Waals surface area contributed by atoms with E-state index >= 15 is 0 Å². The number of Topliss-reactive ketones (excluding diaryl/α,β-unsaturated/α-hetero) is 1. The number of benzene rings is 4. The second-order valence-corrected chi connectivity index (χ2v) is 16.2. The van der Waals surface area contributed by atoms with Gasteiger partial charge in [0.1, 0.15) is 0 Å². The van der Waals surface area contributed by atoms with Gasteiger partial charge >= 0.3 is 0 Å². The lowest BCUT2D eigenvalue weighted by molar-refractivity contribution is -0.108. The highest BCUT2D eigenvalue weighted by Crippen LogP contribution is 2.49. The Balaban J connectivity index is 1.32. The van der Waals surface area contributed by atoms with Crippen molar-refractivity contribution in [2.75, 3.05) is 0 Å². The third kappa shape index (κ3) is 12.8. The highest BCUT2D eigenvalue weighted by Gasteiger charge is 2.35. The lowest BCUT2D eigenvalue weighted by Crippen LogP contribution is -2.02. The van der Waals surface area contributed by atoms with Crippen molar-refractivity contribution in [2.45, 2.75) is 155 Å². The first-order valence-electron chi connectivity index (χ1n) is 22.5. The summed E-state index contributed by atoms with van der Waals surface area (Å²) in [5.41, 5.74) is 10.9. The molecule has 0 N–H and O–H groups in total. The SMILES string of the molecule is C#Cc1cccc(C2=C(c3ccc(CCCCCCCCCCCC)cc3)C(=O)C(c3ccc(CCCCCCCCCCCC)cc3)=C2c2ccccc2)c1. The van der Waals surface area contributed by atoms with Gasteiger partial charge in [0, 0.05) is 27.9 Å². The van der Waals surface area contributed by atoms with Crippen molar-refractivity contribution in [3.8, 4) is 12.3 Å². The molecule has 0 saturated carbocycles. The Morgan fingerprint density at radius 3 is 1.20 bits per heavy atom. The molecule has 1 heteroatoms. The lowest BCUT2D eigenvalue weighted by atomic mass is 9.88. The highest BCUT2D eigenvalue weighted by atomic mass is 16.1. The van der Waals surface area contributed by atoms with Crippen LogP contribution < -0.4 is 0 Å². The van der Waals surface area contributed by atoms with Crippen LogP contribution in [-0.4, -0.2) is 5.78 Å². The number of carbonyl (C=O) groups excluding carboxylic acids is 1. The smallest absolute Gasteiger partial charge is 0.195 e. The molecule has 0 fully saturated rings. The minimum Gasteiger partial charge on any atom is -0.289 e. The molecule has 0 unspecified atom stereocenters. The summed E-state index contributed by atoms with van der Waals surface area (Å²) >= 11 is 0. The van der Waals surface area contributed by atoms with Crippen LogP contribution >= 0.6 is 0 Å². The Kier molecular flexibility index (Phi) is 18.5. The van der Waals surface area contributed by atoms with Gasteiger partial charge in [0.2, 0.25) is 0 Å². The first-order chi connectivity index (χ1) is 27.6. The van der Waals surface area contributed by atoms with Gasteiger partial charge in [-0.15, -0.1) is 6.42 Å². The van der Waals surface area contributed by atoms with E-state index < -0.39 is 0 Å².